The van der Waals surface area contributed by atoms with Crippen molar-refractivity contribution in [2.45, 2.75) is 12.5 Å². The molecule has 1 atom stereocenters. The third kappa shape index (κ3) is 5.54. The van der Waals surface area contributed by atoms with Gasteiger partial charge in [-0.25, -0.2) is 19.2 Å². The summed E-state index contributed by atoms with van der Waals surface area (Å²) in [5.41, 5.74) is 2.32. The van der Waals surface area contributed by atoms with Gasteiger partial charge < -0.3 is 25.6 Å². The third-order valence-electron chi connectivity index (χ3n) is 4.99. The lowest BCUT2D eigenvalue weighted by Crippen LogP contribution is -2.36. The van der Waals surface area contributed by atoms with Gasteiger partial charge in [-0.2, -0.15) is 0 Å². The Bertz CT molecular complexity index is 1130. The monoisotopic (exact) mass is 453 g/mol. The molecule has 4 N–H and O–H groups in total. The van der Waals surface area contributed by atoms with Crippen LogP contribution in [0.2, 0.25) is 0 Å². The van der Waals surface area contributed by atoms with Crippen LogP contribution in [0.1, 0.15) is 6.42 Å². The van der Waals surface area contributed by atoms with Crippen molar-refractivity contribution in [3.8, 4) is 17.1 Å². The van der Waals surface area contributed by atoms with Crippen LogP contribution >= 0.6 is 0 Å². The number of aliphatic hydroxyl groups excluding tert-OH is 2. The molecule has 9 nitrogen and oxygen atoms in total. The molecule has 3 aromatic rings. The molecule has 1 aromatic carbocycles. The van der Waals surface area contributed by atoms with Gasteiger partial charge in [-0.3, -0.25) is 4.90 Å². The Hall–Kier alpha value is -3.76. The first kappa shape index (κ1) is 22.4. The van der Waals surface area contributed by atoms with Gasteiger partial charge in [0.25, 0.3) is 0 Å². The smallest absolute Gasteiger partial charge is 0.327 e. The van der Waals surface area contributed by atoms with Gasteiger partial charge in [0, 0.05) is 36.6 Å². The summed E-state index contributed by atoms with van der Waals surface area (Å²) in [5, 5.41) is 24.4. The first-order chi connectivity index (χ1) is 16.0. The lowest BCUT2D eigenvalue weighted by Gasteiger charge is -2.22. The summed E-state index contributed by atoms with van der Waals surface area (Å²) in [4.78, 5) is 23.4. The van der Waals surface area contributed by atoms with Gasteiger partial charge in [-0.05, 0) is 36.8 Å². The van der Waals surface area contributed by atoms with Crippen LogP contribution in [0.3, 0.4) is 0 Å². The van der Waals surface area contributed by atoms with Crippen LogP contribution in [-0.4, -0.2) is 58.6 Å². The van der Waals surface area contributed by atoms with E-state index in [1.807, 2.05) is 6.07 Å². The Balaban J connectivity index is 1.56. The molecule has 4 rings (SSSR count). The summed E-state index contributed by atoms with van der Waals surface area (Å²) in [6.45, 7) is 0.559. The van der Waals surface area contributed by atoms with Gasteiger partial charge in [0.1, 0.15) is 18.5 Å². The molecule has 33 heavy (non-hydrogen) atoms. The molecule has 0 aliphatic carbocycles. The Labute approximate surface area is 189 Å². The summed E-state index contributed by atoms with van der Waals surface area (Å²) in [6.07, 6.45) is 1.15. The number of amides is 2. The van der Waals surface area contributed by atoms with Gasteiger partial charge in [0.2, 0.25) is 5.88 Å². The van der Waals surface area contributed by atoms with Crippen LogP contribution in [0, 0.1) is 5.82 Å². The molecule has 172 valence electrons. The molecule has 0 unspecified atom stereocenters. The molecule has 3 heterocycles. The number of urea groups is 1. The lowest BCUT2D eigenvalue weighted by atomic mass is 10.1. The average Bonchev–Trinajstić information content (AvgIpc) is 3.05. The first-order valence-corrected chi connectivity index (χ1v) is 10.5. The quantitative estimate of drug-likeness (QED) is 0.453. The minimum absolute atomic E-state index is 0.126. The average molecular weight is 453 g/mol. The lowest BCUT2D eigenvalue weighted by molar-refractivity contribution is 0.0521. The normalized spacial score (nSPS) is 14.0. The predicted molar refractivity (Wildman–Crippen MR) is 122 cm³/mol. The van der Waals surface area contributed by atoms with Crippen LogP contribution in [-0.2, 0) is 0 Å². The fraction of sp³-hybridized carbons (Fsp3) is 0.261. The number of fused-ring (bicyclic) bond motifs is 1. The second kappa shape index (κ2) is 10.2. The fourth-order valence-electron chi connectivity index (χ4n) is 3.36. The Morgan fingerprint density at radius 2 is 2.15 bits per heavy atom. The van der Waals surface area contributed by atoms with E-state index in [1.165, 1.54) is 29.3 Å². The number of hydrogen-bond donors (Lipinski definition) is 4. The zero-order valence-corrected chi connectivity index (χ0v) is 17.7. The molecule has 2 aromatic heterocycles. The van der Waals surface area contributed by atoms with Crippen molar-refractivity contribution in [3.05, 3.63) is 60.5 Å². The number of rotatable bonds is 6. The second-order valence-electron chi connectivity index (χ2n) is 7.47. The van der Waals surface area contributed by atoms with Crippen LogP contribution in [0.15, 0.2) is 54.7 Å². The highest BCUT2D eigenvalue weighted by molar-refractivity contribution is 6.03. The third-order valence-corrected chi connectivity index (χ3v) is 4.99. The van der Waals surface area contributed by atoms with E-state index in [2.05, 4.69) is 20.6 Å². The minimum Gasteiger partial charge on any atom is -0.475 e. The number of nitrogens with one attached hydrogen (secondary N) is 2. The Morgan fingerprint density at radius 1 is 1.27 bits per heavy atom. The summed E-state index contributed by atoms with van der Waals surface area (Å²) < 4.78 is 19.0. The highest BCUT2D eigenvalue weighted by Crippen LogP contribution is 2.31. The number of benzene rings is 1. The number of hydrogen-bond acceptors (Lipinski definition) is 7. The number of halogens is 1. The molecule has 1 aliphatic rings. The van der Waals surface area contributed by atoms with Crippen molar-refractivity contribution < 1.29 is 24.1 Å². The number of aromatic nitrogens is 2. The molecule has 0 saturated carbocycles. The summed E-state index contributed by atoms with van der Waals surface area (Å²) >= 11 is 0. The van der Waals surface area contributed by atoms with E-state index >= 15 is 0 Å². The molecule has 0 fully saturated rings. The molecule has 0 saturated heterocycles. The Morgan fingerprint density at radius 3 is 2.97 bits per heavy atom. The summed E-state index contributed by atoms with van der Waals surface area (Å²) in [6, 6.07) is 12.5. The number of ether oxygens (including phenoxy) is 1. The number of carbonyl (C=O) groups is 1. The molecule has 2 amide bonds. The second-order valence-corrected chi connectivity index (χ2v) is 7.47. The van der Waals surface area contributed by atoms with Crippen molar-refractivity contribution in [1.29, 1.82) is 0 Å². The number of pyridine rings is 2. The number of anilines is 3. The standard InChI is InChI=1S/C23H24FN5O4/c24-16-4-1-3-15(11-16)19-5-6-20-22(28-19)29(10-2-8-25-20)23(32)27-17-7-9-26-21(12-17)33-14-18(31)13-30/h1,3-7,9,11-12,18,25,30-31H,2,8,10,13-14H2,(H,26,27,32)/t18-/m1/s1. The maximum Gasteiger partial charge on any atom is 0.327 e. The minimum atomic E-state index is -1.02. The van der Waals surface area contributed by atoms with Crippen molar-refractivity contribution in [3.63, 3.8) is 0 Å². The molecular formula is C23H24FN5O4. The highest BCUT2D eigenvalue weighted by Gasteiger charge is 2.23. The maximum atomic E-state index is 13.7. The van der Waals surface area contributed by atoms with E-state index < -0.39 is 18.7 Å². The predicted octanol–water partition coefficient (Wildman–Crippen LogP) is 2.87. The number of aliphatic hydroxyl groups is 2. The van der Waals surface area contributed by atoms with E-state index in [1.54, 1.807) is 24.3 Å². The van der Waals surface area contributed by atoms with Crippen molar-refractivity contribution in [1.82, 2.24) is 9.97 Å². The van der Waals surface area contributed by atoms with Gasteiger partial charge in [-0.15, -0.1) is 0 Å². The zero-order valence-electron chi connectivity index (χ0n) is 17.7. The van der Waals surface area contributed by atoms with Crippen LogP contribution in [0.4, 0.5) is 26.4 Å². The summed E-state index contributed by atoms with van der Waals surface area (Å²) in [7, 11) is 0. The van der Waals surface area contributed by atoms with Gasteiger partial charge in [-0.1, -0.05) is 12.1 Å². The molecule has 0 bridgehead atoms. The molecular weight excluding hydrogens is 429 g/mol. The van der Waals surface area contributed by atoms with E-state index in [-0.39, 0.29) is 18.3 Å². The first-order valence-electron chi connectivity index (χ1n) is 10.5. The zero-order chi connectivity index (χ0) is 23.2. The molecule has 1 aliphatic heterocycles. The molecule has 0 spiro atoms. The van der Waals surface area contributed by atoms with Crippen LogP contribution in [0.25, 0.3) is 11.3 Å². The summed E-state index contributed by atoms with van der Waals surface area (Å²) in [5.74, 6) is 0.285. The SMILES string of the molecule is O=C(Nc1ccnc(OC[C@H](O)CO)c1)N1CCCNc2ccc(-c3cccc(F)c3)nc21. The largest absolute Gasteiger partial charge is 0.475 e. The molecule has 10 heteroatoms. The van der Waals surface area contributed by atoms with Crippen molar-refractivity contribution >= 4 is 23.2 Å². The van der Waals surface area contributed by atoms with Gasteiger partial charge in [0.05, 0.1) is 18.0 Å². The fourth-order valence-corrected chi connectivity index (χ4v) is 3.36. The topological polar surface area (TPSA) is 120 Å². The number of carbonyl (C=O) groups excluding carboxylic acids is 1. The maximum absolute atomic E-state index is 13.7. The molecule has 0 radical (unpaired) electrons. The van der Waals surface area contributed by atoms with Crippen LogP contribution in [0.5, 0.6) is 5.88 Å². The van der Waals surface area contributed by atoms with Crippen molar-refractivity contribution in [2.75, 3.05) is 41.8 Å². The van der Waals surface area contributed by atoms with Gasteiger partial charge >= 0.3 is 6.03 Å². The van der Waals surface area contributed by atoms with E-state index in [0.29, 0.717) is 48.0 Å². The van der Waals surface area contributed by atoms with Gasteiger partial charge in [0.15, 0.2) is 5.82 Å². The van der Waals surface area contributed by atoms with Crippen LogP contribution < -0.4 is 20.3 Å². The van der Waals surface area contributed by atoms with Crippen molar-refractivity contribution in [2.24, 2.45) is 0 Å². The highest BCUT2D eigenvalue weighted by atomic mass is 19.1. The number of nitrogens with zero attached hydrogens (tertiary/aromatic N) is 3. The van der Waals surface area contributed by atoms with E-state index in [9.17, 15) is 14.3 Å². The van der Waals surface area contributed by atoms with E-state index in [4.69, 9.17) is 9.84 Å². The Kier molecular flexibility index (Phi) is 6.96. The van der Waals surface area contributed by atoms with E-state index in [0.717, 1.165) is 0 Å².